The van der Waals surface area contributed by atoms with Crippen LogP contribution in [0.1, 0.15) is 26.3 Å². The maximum Gasteiger partial charge on any atom is 0.335 e. The minimum Gasteiger partial charge on any atom is -0.497 e. The topological polar surface area (TPSA) is 63.6 Å². The Morgan fingerprint density at radius 3 is 2.20 bits per heavy atom. The van der Waals surface area contributed by atoms with Gasteiger partial charge in [-0.05, 0) is 52.7 Å². The zero-order valence-electron chi connectivity index (χ0n) is 13.6. The van der Waals surface area contributed by atoms with Gasteiger partial charge in [0.15, 0.2) is 5.78 Å². The Balaban J connectivity index is 1.80. The number of ether oxygens (including phenoxy) is 1. The third kappa shape index (κ3) is 3.75. The molecule has 0 aliphatic rings. The van der Waals surface area contributed by atoms with Crippen molar-refractivity contribution in [3.8, 4) is 5.75 Å². The smallest absolute Gasteiger partial charge is 0.335 e. The molecule has 0 amide bonds. The monoisotopic (exact) mass is 332 g/mol. The fourth-order valence-corrected chi connectivity index (χ4v) is 2.51. The van der Waals surface area contributed by atoms with Crippen molar-refractivity contribution >= 4 is 28.6 Å². The lowest BCUT2D eigenvalue weighted by molar-refractivity contribution is 0.0696. The quantitative estimate of drug-likeness (QED) is 0.554. The predicted molar refractivity (Wildman–Crippen MR) is 97.3 cm³/mol. The molecule has 0 saturated heterocycles. The van der Waals surface area contributed by atoms with Crippen LogP contribution in [0.2, 0.25) is 0 Å². The van der Waals surface area contributed by atoms with E-state index in [9.17, 15) is 9.59 Å². The maximum absolute atomic E-state index is 12.4. The van der Waals surface area contributed by atoms with Gasteiger partial charge in [0.05, 0.1) is 12.7 Å². The van der Waals surface area contributed by atoms with Crippen molar-refractivity contribution in [2.24, 2.45) is 0 Å². The molecule has 124 valence electrons. The maximum atomic E-state index is 12.4. The fourth-order valence-electron chi connectivity index (χ4n) is 2.51. The van der Waals surface area contributed by atoms with Crippen LogP contribution >= 0.6 is 0 Å². The zero-order valence-corrected chi connectivity index (χ0v) is 13.6. The molecule has 0 spiro atoms. The van der Waals surface area contributed by atoms with E-state index in [1.165, 1.54) is 18.2 Å². The molecule has 25 heavy (non-hydrogen) atoms. The van der Waals surface area contributed by atoms with Crippen LogP contribution in [0.5, 0.6) is 5.75 Å². The van der Waals surface area contributed by atoms with Gasteiger partial charge in [0, 0.05) is 5.56 Å². The van der Waals surface area contributed by atoms with Crippen molar-refractivity contribution in [2.45, 2.75) is 0 Å². The van der Waals surface area contributed by atoms with E-state index in [1.54, 1.807) is 31.4 Å². The van der Waals surface area contributed by atoms with E-state index >= 15 is 0 Å². The Hall–Kier alpha value is -3.40. The van der Waals surface area contributed by atoms with Gasteiger partial charge in [0.1, 0.15) is 5.75 Å². The Kier molecular flexibility index (Phi) is 4.61. The van der Waals surface area contributed by atoms with E-state index in [0.717, 1.165) is 22.1 Å². The van der Waals surface area contributed by atoms with Crippen LogP contribution in [-0.2, 0) is 0 Å². The van der Waals surface area contributed by atoms with Crippen molar-refractivity contribution in [3.63, 3.8) is 0 Å². The standard InChI is InChI=1S/C21H16O4/c1-25-19-10-9-16-12-18(8-7-17(16)13-19)20(22)11-4-14-2-5-15(6-3-14)21(23)24/h2-13H,1H3,(H,23,24). The lowest BCUT2D eigenvalue weighted by Crippen LogP contribution is -1.95. The molecule has 0 fully saturated rings. The first kappa shape index (κ1) is 16.5. The fraction of sp³-hybridized carbons (Fsp3) is 0.0476. The molecule has 0 heterocycles. The third-order valence-corrected chi connectivity index (χ3v) is 3.92. The van der Waals surface area contributed by atoms with Gasteiger partial charge in [0.2, 0.25) is 0 Å². The summed E-state index contributed by atoms with van der Waals surface area (Å²) in [5, 5.41) is 10.8. The molecule has 0 aromatic heterocycles. The summed E-state index contributed by atoms with van der Waals surface area (Å²) in [6.07, 6.45) is 3.16. The van der Waals surface area contributed by atoms with Crippen molar-refractivity contribution in [2.75, 3.05) is 7.11 Å². The average Bonchev–Trinajstić information content (AvgIpc) is 2.65. The first-order valence-electron chi connectivity index (χ1n) is 7.70. The summed E-state index contributed by atoms with van der Waals surface area (Å²) in [7, 11) is 1.62. The van der Waals surface area contributed by atoms with E-state index in [0.29, 0.717) is 5.56 Å². The minimum absolute atomic E-state index is 0.111. The highest BCUT2D eigenvalue weighted by atomic mass is 16.5. The SMILES string of the molecule is COc1ccc2cc(C(=O)C=Cc3ccc(C(=O)O)cc3)ccc2c1. The Morgan fingerprint density at radius 2 is 1.52 bits per heavy atom. The average molecular weight is 332 g/mol. The van der Waals surface area contributed by atoms with Gasteiger partial charge in [-0.3, -0.25) is 4.79 Å². The summed E-state index contributed by atoms with van der Waals surface area (Å²) in [5.74, 6) is -0.310. The van der Waals surface area contributed by atoms with Crippen LogP contribution in [0.15, 0.2) is 66.7 Å². The molecule has 0 saturated carbocycles. The molecule has 0 unspecified atom stereocenters. The lowest BCUT2D eigenvalue weighted by Gasteiger charge is -2.04. The number of ketones is 1. The molecule has 3 aromatic rings. The van der Waals surface area contributed by atoms with Crippen LogP contribution in [0.3, 0.4) is 0 Å². The molecule has 0 aliphatic carbocycles. The molecule has 0 aliphatic heterocycles. The molecular weight excluding hydrogens is 316 g/mol. The second-order valence-electron chi connectivity index (χ2n) is 5.55. The zero-order chi connectivity index (χ0) is 17.8. The van der Waals surface area contributed by atoms with Gasteiger partial charge in [0.25, 0.3) is 0 Å². The summed E-state index contributed by atoms with van der Waals surface area (Å²) in [4.78, 5) is 23.2. The van der Waals surface area contributed by atoms with E-state index in [-0.39, 0.29) is 11.3 Å². The van der Waals surface area contributed by atoms with Crippen molar-refractivity contribution < 1.29 is 19.4 Å². The number of allylic oxidation sites excluding steroid dienone is 1. The second kappa shape index (κ2) is 7.01. The highest BCUT2D eigenvalue weighted by Crippen LogP contribution is 2.22. The number of carboxylic acid groups (broad SMARTS) is 1. The van der Waals surface area contributed by atoms with Gasteiger partial charge in [-0.25, -0.2) is 4.79 Å². The number of methoxy groups -OCH3 is 1. The molecule has 3 aromatic carbocycles. The van der Waals surface area contributed by atoms with Crippen LogP contribution in [0.4, 0.5) is 0 Å². The van der Waals surface area contributed by atoms with Crippen molar-refractivity contribution in [1.82, 2.24) is 0 Å². The van der Waals surface area contributed by atoms with Gasteiger partial charge in [-0.2, -0.15) is 0 Å². The predicted octanol–water partition coefficient (Wildman–Crippen LogP) is 4.44. The molecule has 4 heteroatoms. The van der Waals surface area contributed by atoms with Gasteiger partial charge in [-0.15, -0.1) is 0 Å². The Bertz CT molecular complexity index is 969. The molecule has 0 bridgehead atoms. The van der Waals surface area contributed by atoms with Crippen LogP contribution in [0.25, 0.3) is 16.8 Å². The minimum atomic E-state index is -0.973. The van der Waals surface area contributed by atoms with Crippen molar-refractivity contribution in [1.29, 1.82) is 0 Å². The molecule has 0 radical (unpaired) electrons. The number of rotatable bonds is 5. The van der Waals surface area contributed by atoms with Crippen molar-refractivity contribution in [3.05, 3.63) is 83.4 Å². The molecule has 3 rings (SSSR count). The van der Waals surface area contributed by atoms with E-state index < -0.39 is 5.97 Å². The number of benzene rings is 3. The highest BCUT2D eigenvalue weighted by molar-refractivity contribution is 6.08. The normalized spacial score (nSPS) is 10.9. The molecule has 4 nitrogen and oxygen atoms in total. The first-order valence-corrected chi connectivity index (χ1v) is 7.70. The number of aromatic carboxylic acids is 1. The van der Waals surface area contributed by atoms with Gasteiger partial charge in [-0.1, -0.05) is 36.4 Å². The third-order valence-electron chi connectivity index (χ3n) is 3.92. The van der Waals surface area contributed by atoms with Gasteiger partial charge >= 0.3 is 5.97 Å². The highest BCUT2D eigenvalue weighted by Gasteiger charge is 2.05. The largest absolute Gasteiger partial charge is 0.497 e. The molecular formula is C21H16O4. The summed E-state index contributed by atoms with van der Waals surface area (Å²) in [6.45, 7) is 0. The Labute approximate surface area is 145 Å². The number of hydrogen-bond donors (Lipinski definition) is 1. The van der Waals surface area contributed by atoms with Gasteiger partial charge < -0.3 is 9.84 Å². The molecule has 1 N–H and O–H groups in total. The van der Waals surface area contributed by atoms with Crippen LogP contribution in [0, 0.1) is 0 Å². The first-order chi connectivity index (χ1) is 12.1. The van der Waals surface area contributed by atoms with Crippen LogP contribution in [-0.4, -0.2) is 24.0 Å². The number of carbonyl (C=O) groups excluding carboxylic acids is 1. The Morgan fingerprint density at radius 1 is 0.880 bits per heavy atom. The lowest BCUT2D eigenvalue weighted by atomic mass is 10.0. The number of hydrogen-bond acceptors (Lipinski definition) is 3. The van der Waals surface area contributed by atoms with E-state index in [2.05, 4.69) is 0 Å². The van der Waals surface area contributed by atoms with Crippen LogP contribution < -0.4 is 4.74 Å². The summed E-state index contributed by atoms with van der Waals surface area (Å²) < 4.78 is 5.20. The van der Waals surface area contributed by atoms with E-state index in [4.69, 9.17) is 9.84 Å². The second-order valence-corrected chi connectivity index (χ2v) is 5.55. The summed E-state index contributed by atoms with van der Waals surface area (Å²) in [5.41, 5.74) is 1.58. The number of carboxylic acids is 1. The summed E-state index contributed by atoms with van der Waals surface area (Å²) >= 11 is 0. The van der Waals surface area contributed by atoms with E-state index in [1.807, 2.05) is 30.3 Å². The summed E-state index contributed by atoms with van der Waals surface area (Å²) in [6, 6.07) is 17.6. The molecule has 0 atom stereocenters. The number of carbonyl (C=O) groups is 2. The number of fused-ring (bicyclic) bond motifs is 1.